The molecule has 2 aliphatic rings. The number of aromatic nitrogens is 1. The summed E-state index contributed by atoms with van der Waals surface area (Å²) in [4.78, 5) is 19.1. The Morgan fingerprint density at radius 3 is 2.56 bits per heavy atom. The Morgan fingerprint density at radius 2 is 1.92 bits per heavy atom. The van der Waals surface area contributed by atoms with Gasteiger partial charge in [-0.25, -0.2) is 0 Å². The summed E-state index contributed by atoms with van der Waals surface area (Å²) in [5, 5.41) is 0. The minimum Gasteiger partial charge on any atom is -0.371 e. The molecule has 4 rings (SSSR count). The van der Waals surface area contributed by atoms with Crippen LogP contribution in [0.5, 0.6) is 0 Å². The number of hydrogen-bond acceptors (Lipinski definition) is 3. The van der Waals surface area contributed by atoms with Crippen LogP contribution in [-0.2, 0) is 9.53 Å². The molecule has 2 aromatic rings. The van der Waals surface area contributed by atoms with Gasteiger partial charge in [0.2, 0.25) is 5.91 Å². The van der Waals surface area contributed by atoms with Crippen molar-refractivity contribution < 1.29 is 9.53 Å². The number of carbonyl (C=O) groups is 1. The molecule has 2 heterocycles. The third-order valence-electron chi connectivity index (χ3n) is 5.06. The summed E-state index contributed by atoms with van der Waals surface area (Å²) >= 11 is 0. The molecule has 0 radical (unpaired) electrons. The number of ether oxygens (including phenoxy) is 1. The second-order valence-corrected chi connectivity index (χ2v) is 7.00. The highest BCUT2D eigenvalue weighted by atomic mass is 16.5. The molecule has 1 saturated heterocycles. The van der Waals surface area contributed by atoms with Gasteiger partial charge in [-0.05, 0) is 42.9 Å². The van der Waals surface area contributed by atoms with Crippen molar-refractivity contribution in [1.82, 2.24) is 9.88 Å². The van der Waals surface area contributed by atoms with Crippen LogP contribution in [0.25, 0.3) is 0 Å². The van der Waals surface area contributed by atoms with Gasteiger partial charge in [0.15, 0.2) is 0 Å². The van der Waals surface area contributed by atoms with Crippen molar-refractivity contribution >= 4 is 5.91 Å². The van der Waals surface area contributed by atoms with Gasteiger partial charge in [-0.15, -0.1) is 0 Å². The Hall–Kier alpha value is -2.20. The lowest BCUT2D eigenvalue weighted by Gasteiger charge is -2.34. The highest BCUT2D eigenvalue weighted by Crippen LogP contribution is 2.40. The number of pyridine rings is 1. The summed E-state index contributed by atoms with van der Waals surface area (Å²) in [6.45, 7) is 1.53. The molecular weight excluding hydrogens is 312 g/mol. The Balaban J connectivity index is 1.70. The van der Waals surface area contributed by atoms with Crippen LogP contribution >= 0.6 is 0 Å². The number of carbonyl (C=O) groups excluding carboxylic acids is 1. The fraction of sp³-hybridized carbons (Fsp3) is 0.429. The molecule has 2 fully saturated rings. The van der Waals surface area contributed by atoms with E-state index in [1.807, 2.05) is 41.3 Å². The van der Waals surface area contributed by atoms with E-state index in [1.54, 1.807) is 6.20 Å². The number of amides is 1. The minimum atomic E-state index is -0.182. The fourth-order valence-corrected chi connectivity index (χ4v) is 3.53. The average Bonchev–Trinajstić information content (AvgIpc) is 3.40. The van der Waals surface area contributed by atoms with E-state index < -0.39 is 0 Å². The standard InChI is InChI=1S/C21H24N2O2/c24-19-10-6-14-23(19)20(18-9-4-5-13-22-18)21(25-15-16-11-12-16)17-7-2-1-3-8-17/h1-5,7-9,13,16,20-21H,6,10-12,14-15H2/t20-,21?/m0/s1. The van der Waals surface area contributed by atoms with Gasteiger partial charge in [-0.3, -0.25) is 9.78 Å². The van der Waals surface area contributed by atoms with Gasteiger partial charge in [0, 0.05) is 19.2 Å². The second-order valence-electron chi connectivity index (χ2n) is 7.00. The van der Waals surface area contributed by atoms with E-state index in [4.69, 9.17) is 4.74 Å². The summed E-state index contributed by atoms with van der Waals surface area (Å²) in [5.41, 5.74) is 2.01. The Labute approximate surface area is 148 Å². The van der Waals surface area contributed by atoms with Crippen molar-refractivity contribution in [2.75, 3.05) is 13.2 Å². The first kappa shape index (κ1) is 16.3. The smallest absolute Gasteiger partial charge is 0.223 e. The molecule has 25 heavy (non-hydrogen) atoms. The van der Waals surface area contributed by atoms with Crippen LogP contribution in [0, 0.1) is 5.92 Å². The van der Waals surface area contributed by atoms with E-state index in [9.17, 15) is 4.79 Å². The molecule has 1 aromatic carbocycles. The normalized spacial score (nSPS) is 19.8. The highest BCUT2D eigenvalue weighted by Gasteiger charge is 2.38. The quantitative estimate of drug-likeness (QED) is 0.770. The van der Waals surface area contributed by atoms with Crippen LogP contribution in [0.4, 0.5) is 0 Å². The maximum atomic E-state index is 12.5. The van der Waals surface area contributed by atoms with Crippen molar-refractivity contribution in [2.24, 2.45) is 5.92 Å². The molecular formula is C21H24N2O2. The molecule has 4 heteroatoms. The van der Waals surface area contributed by atoms with E-state index in [-0.39, 0.29) is 18.1 Å². The van der Waals surface area contributed by atoms with Crippen LogP contribution in [0.1, 0.15) is 49.1 Å². The van der Waals surface area contributed by atoms with Gasteiger partial charge < -0.3 is 9.64 Å². The number of likely N-dealkylation sites (tertiary alicyclic amines) is 1. The van der Waals surface area contributed by atoms with E-state index >= 15 is 0 Å². The van der Waals surface area contributed by atoms with E-state index in [1.165, 1.54) is 12.8 Å². The molecule has 0 spiro atoms. The van der Waals surface area contributed by atoms with Gasteiger partial charge in [0.05, 0.1) is 12.3 Å². The van der Waals surface area contributed by atoms with Gasteiger partial charge >= 0.3 is 0 Å². The van der Waals surface area contributed by atoms with Gasteiger partial charge in [0.1, 0.15) is 12.1 Å². The molecule has 1 aliphatic carbocycles. The van der Waals surface area contributed by atoms with Gasteiger partial charge in [-0.1, -0.05) is 36.4 Å². The summed E-state index contributed by atoms with van der Waals surface area (Å²) in [7, 11) is 0. The van der Waals surface area contributed by atoms with Gasteiger partial charge in [0.25, 0.3) is 0 Å². The highest BCUT2D eigenvalue weighted by molar-refractivity contribution is 5.78. The lowest BCUT2D eigenvalue weighted by Crippen LogP contribution is -2.35. The molecule has 1 aromatic heterocycles. The molecule has 1 amide bonds. The zero-order valence-corrected chi connectivity index (χ0v) is 14.4. The number of benzene rings is 1. The third kappa shape index (κ3) is 3.74. The van der Waals surface area contributed by atoms with Crippen molar-refractivity contribution in [3.05, 3.63) is 66.0 Å². The lowest BCUT2D eigenvalue weighted by molar-refractivity contribution is -0.134. The van der Waals surface area contributed by atoms with Crippen molar-refractivity contribution in [1.29, 1.82) is 0 Å². The third-order valence-corrected chi connectivity index (χ3v) is 5.06. The van der Waals surface area contributed by atoms with Crippen molar-refractivity contribution in [3.8, 4) is 0 Å². The first-order chi connectivity index (χ1) is 12.3. The van der Waals surface area contributed by atoms with Crippen LogP contribution < -0.4 is 0 Å². The van der Waals surface area contributed by atoms with Crippen LogP contribution in [-0.4, -0.2) is 28.9 Å². The molecule has 4 nitrogen and oxygen atoms in total. The van der Waals surface area contributed by atoms with Crippen LogP contribution in [0.15, 0.2) is 54.7 Å². The zero-order chi connectivity index (χ0) is 17.1. The van der Waals surface area contributed by atoms with Crippen molar-refractivity contribution in [2.45, 2.75) is 37.8 Å². The van der Waals surface area contributed by atoms with Gasteiger partial charge in [-0.2, -0.15) is 0 Å². The SMILES string of the molecule is O=C1CCCN1[C@@H](c1ccccn1)C(OCC1CC1)c1ccccc1. The fourth-order valence-electron chi connectivity index (χ4n) is 3.53. The molecule has 1 saturated carbocycles. The number of rotatable bonds is 7. The molecule has 1 unspecified atom stereocenters. The second kappa shape index (κ2) is 7.36. The Morgan fingerprint density at radius 1 is 1.12 bits per heavy atom. The Kier molecular flexibility index (Phi) is 4.79. The molecule has 130 valence electrons. The molecule has 0 N–H and O–H groups in total. The van der Waals surface area contributed by atoms with Crippen LogP contribution in [0.3, 0.4) is 0 Å². The summed E-state index contributed by atoms with van der Waals surface area (Å²) < 4.78 is 6.40. The topological polar surface area (TPSA) is 42.4 Å². The minimum absolute atomic E-state index is 0.169. The van der Waals surface area contributed by atoms with E-state index in [0.29, 0.717) is 12.3 Å². The first-order valence-corrected chi connectivity index (χ1v) is 9.20. The maximum Gasteiger partial charge on any atom is 0.223 e. The predicted molar refractivity (Wildman–Crippen MR) is 95.8 cm³/mol. The zero-order valence-electron chi connectivity index (χ0n) is 14.4. The maximum absolute atomic E-state index is 12.5. The van der Waals surface area contributed by atoms with E-state index in [0.717, 1.165) is 30.8 Å². The number of hydrogen-bond donors (Lipinski definition) is 0. The predicted octanol–water partition coefficient (Wildman–Crippen LogP) is 3.91. The van der Waals surface area contributed by atoms with Crippen LogP contribution in [0.2, 0.25) is 0 Å². The summed E-state index contributed by atoms with van der Waals surface area (Å²) in [6.07, 6.45) is 5.64. The summed E-state index contributed by atoms with van der Waals surface area (Å²) in [5.74, 6) is 0.872. The molecule has 1 aliphatic heterocycles. The largest absolute Gasteiger partial charge is 0.371 e. The van der Waals surface area contributed by atoms with Crippen molar-refractivity contribution in [3.63, 3.8) is 0 Å². The summed E-state index contributed by atoms with van der Waals surface area (Å²) in [6, 6.07) is 16.0. The molecule has 2 atom stereocenters. The monoisotopic (exact) mass is 336 g/mol. The van der Waals surface area contributed by atoms with E-state index in [2.05, 4.69) is 17.1 Å². The average molecular weight is 336 g/mol. The Bertz CT molecular complexity index is 700. The number of nitrogens with zero attached hydrogens (tertiary/aromatic N) is 2. The molecule has 0 bridgehead atoms. The lowest BCUT2D eigenvalue weighted by atomic mass is 9.97. The first-order valence-electron chi connectivity index (χ1n) is 9.20.